The van der Waals surface area contributed by atoms with Crippen molar-refractivity contribution in [3.63, 3.8) is 0 Å². The number of aromatic nitrogens is 1. The van der Waals surface area contributed by atoms with E-state index in [1.165, 1.54) is 44.4 Å². The Labute approximate surface area is 172 Å². The van der Waals surface area contributed by atoms with Gasteiger partial charge in [0.2, 0.25) is 11.0 Å². The van der Waals surface area contributed by atoms with Crippen LogP contribution < -0.4 is 9.91 Å². The number of thiazole rings is 1. The van der Waals surface area contributed by atoms with Crippen molar-refractivity contribution in [3.8, 4) is 0 Å². The van der Waals surface area contributed by atoms with Crippen LogP contribution >= 0.6 is 23.1 Å². The molecule has 2 aromatic carbocycles. The average Bonchev–Trinajstić information content (AvgIpc) is 3.11. The van der Waals surface area contributed by atoms with E-state index in [4.69, 9.17) is 0 Å². The fraction of sp³-hybridized carbons (Fsp3) is 0.190. The molecule has 0 unspecified atom stereocenters. The van der Waals surface area contributed by atoms with Crippen molar-refractivity contribution in [3.05, 3.63) is 59.1 Å². The van der Waals surface area contributed by atoms with Crippen molar-refractivity contribution in [2.24, 2.45) is 5.10 Å². The molecule has 0 radical (unpaired) electrons. The molecule has 0 saturated heterocycles. The number of nitrogens with zero attached hydrogens (tertiary/aromatic N) is 4. The maximum absolute atomic E-state index is 12.0. The molecule has 1 aromatic heterocycles. The molecular formula is C21H20N4OS2. The lowest BCUT2D eigenvalue weighted by molar-refractivity contribution is -0.116. The SMILES string of the molecule is CCN1c2ccccc2Sc2cc(/C=N/N(C(C)=O)c3nc(C)cs3)ccc21. The molecule has 0 fully saturated rings. The standard InChI is InChI=1S/C21H20N4OS2/c1-4-24-17-7-5-6-8-19(17)28-20-11-16(9-10-18(20)24)12-22-25(15(3)26)21-23-14(2)13-27-21/h5-13H,4H2,1-3H3/b22-12+. The Morgan fingerprint density at radius 3 is 2.71 bits per heavy atom. The third kappa shape index (κ3) is 3.55. The molecule has 0 N–H and O–H groups in total. The molecule has 7 heteroatoms. The molecule has 142 valence electrons. The van der Waals surface area contributed by atoms with Gasteiger partial charge in [-0.3, -0.25) is 4.79 Å². The van der Waals surface area contributed by atoms with Gasteiger partial charge in [-0.2, -0.15) is 10.1 Å². The van der Waals surface area contributed by atoms with Crippen molar-refractivity contribution in [1.82, 2.24) is 4.98 Å². The number of para-hydroxylation sites is 1. The number of amides is 1. The highest BCUT2D eigenvalue weighted by Gasteiger charge is 2.22. The van der Waals surface area contributed by atoms with Crippen LogP contribution in [0.5, 0.6) is 0 Å². The van der Waals surface area contributed by atoms with Gasteiger partial charge >= 0.3 is 0 Å². The van der Waals surface area contributed by atoms with Crippen molar-refractivity contribution in [1.29, 1.82) is 0 Å². The Bertz CT molecular complexity index is 1060. The van der Waals surface area contributed by atoms with Crippen molar-refractivity contribution in [2.75, 3.05) is 16.5 Å². The van der Waals surface area contributed by atoms with Crippen LogP contribution in [0.3, 0.4) is 0 Å². The number of rotatable bonds is 4. The van der Waals surface area contributed by atoms with Gasteiger partial charge in [-0.1, -0.05) is 30.0 Å². The zero-order valence-corrected chi connectivity index (χ0v) is 17.5. The maximum atomic E-state index is 12.0. The first-order chi connectivity index (χ1) is 13.6. The minimum Gasteiger partial charge on any atom is -0.340 e. The summed E-state index contributed by atoms with van der Waals surface area (Å²) in [5, 5.41) is 8.23. The van der Waals surface area contributed by atoms with Gasteiger partial charge < -0.3 is 4.90 Å². The van der Waals surface area contributed by atoms with Crippen LogP contribution in [0.15, 0.2) is 62.7 Å². The van der Waals surface area contributed by atoms with Crippen molar-refractivity contribution in [2.45, 2.75) is 30.6 Å². The van der Waals surface area contributed by atoms with Crippen LogP contribution in [0.2, 0.25) is 0 Å². The quantitative estimate of drug-likeness (QED) is 0.425. The predicted molar refractivity (Wildman–Crippen MR) is 117 cm³/mol. The molecule has 28 heavy (non-hydrogen) atoms. The molecule has 1 aliphatic heterocycles. The number of fused-ring (bicyclic) bond motifs is 2. The molecular weight excluding hydrogens is 388 g/mol. The summed E-state index contributed by atoms with van der Waals surface area (Å²) in [4.78, 5) is 21.1. The highest BCUT2D eigenvalue weighted by atomic mass is 32.2. The van der Waals surface area contributed by atoms with E-state index < -0.39 is 0 Å². The lowest BCUT2D eigenvalue weighted by Gasteiger charge is -2.32. The molecule has 1 amide bonds. The fourth-order valence-electron chi connectivity index (χ4n) is 3.10. The van der Waals surface area contributed by atoms with Crippen LogP contribution in [-0.2, 0) is 4.79 Å². The summed E-state index contributed by atoms with van der Waals surface area (Å²) < 4.78 is 0. The Balaban J connectivity index is 1.64. The van der Waals surface area contributed by atoms with Gasteiger partial charge in [-0.05, 0) is 43.7 Å². The molecule has 0 aliphatic carbocycles. The smallest absolute Gasteiger partial charge is 0.246 e. The van der Waals surface area contributed by atoms with Crippen LogP contribution in [0.1, 0.15) is 25.1 Å². The van der Waals surface area contributed by atoms with E-state index in [1.54, 1.807) is 18.0 Å². The summed E-state index contributed by atoms with van der Waals surface area (Å²) in [5.41, 5.74) is 4.26. The fourth-order valence-corrected chi connectivity index (χ4v) is 5.04. The number of benzene rings is 2. The van der Waals surface area contributed by atoms with E-state index in [-0.39, 0.29) is 5.91 Å². The molecule has 5 nitrogen and oxygen atoms in total. The van der Waals surface area contributed by atoms with E-state index in [1.807, 2.05) is 18.4 Å². The average molecular weight is 409 g/mol. The van der Waals surface area contributed by atoms with Crippen LogP contribution in [0.25, 0.3) is 0 Å². The first-order valence-corrected chi connectivity index (χ1v) is 10.7. The van der Waals surface area contributed by atoms with Crippen LogP contribution in [-0.4, -0.2) is 23.7 Å². The highest BCUT2D eigenvalue weighted by Crippen LogP contribution is 2.47. The zero-order valence-electron chi connectivity index (χ0n) is 15.9. The summed E-state index contributed by atoms with van der Waals surface area (Å²) in [7, 11) is 0. The molecule has 0 bridgehead atoms. The molecule has 1 aliphatic rings. The number of hydrazone groups is 1. The van der Waals surface area contributed by atoms with Gasteiger partial charge in [0.25, 0.3) is 0 Å². The topological polar surface area (TPSA) is 48.8 Å². The monoisotopic (exact) mass is 408 g/mol. The normalized spacial score (nSPS) is 12.8. The van der Waals surface area contributed by atoms with E-state index >= 15 is 0 Å². The van der Waals surface area contributed by atoms with Gasteiger partial charge in [-0.15, -0.1) is 11.3 Å². The number of hydrogen-bond donors (Lipinski definition) is 0. The van der Waals surface area contributed by atoms with Crippen molar-refractivity contribution >= 4 is 51.7 Å². The number of aryl methyl sites for hydroxylation is 1. The van der Waals surface area contributed by atoms with E-state index in [2.05, 4.69) is 58.3 Å². The predicted octanol–water partition coefficient (Wildman–Crippen LogP) is 5.46. The molecule has 2 heterocycles. The van der Waals surface area contributed by atoms with Crippen LogP contribution in [0.4, 0.5) is 16.5 Å². The molecule has 3 aromatic rings. The highest BCUT2D eigenvalue weighted by molar-refractivity contribution is 7.99. The summed E-state index contributed by atoms with van der Waals surface area (Å²) in [6, 6.07) is 14.7. The molecule has 0 atom stereocenters. The first kappa shape index (κ1) is 18.7. The lowest BCUT2D eigenvalue weighted by atomic mass is 10.1. The Kier molecular flexibility index (Phi) is 5.19. The summed E-state index contributed by atoms with van der Waals surface area (Å²) in [6.07, 6.45) is 1.72. The van der Waals surface area contributed by atoms with Crippen molar-refractivity contribution < 1.29 is 4.79 Å². The van der Waals surface area contributed by atoms with E-state index in [0.717, 1.165) is 17.8 Å². The largest absolute Gasteiger partial charge is 0.340 e. The van der Waals surface area contributed by atoms with Gasteiger partial charge in [0.1, 0.15) is 0 Å². The van der Waals surface area contributed by atoms with Crippen LogP contribution in [0, 0.1) is 6.92 Å². The van der Waals surface area contributed by atoms with Gasteiger partial charge in [-0.25, -0.2) is 4.98 Å². The number of anilines is 3. The van der Waals surface area contributed by atoms with Gasteiger partial charge in [0.05, 0.1) is 23.3 Å². The Morgan fingerprint density at radius 1 is 1.21 bits per heavy atom. The summed E-state index contributed by atoms with van der Waals surface area (Å²) in [6.45, 7) is 6.46. The third-order valence-electron chi connectivity index (χ3n) is 4.38. The minimum absolute atomic E-state index is 0.163. The lowest BCUT2D eigenvalue weighted by Crippen LogP contribution is -2.22. The van der Waals surface area contributed by atoms with E-state index in [9.17, 15) is 4.79 Å². The number of carbonyl (C=O) groups excluding carboxylic acids is 1. The molecule has 4 rings (SSSR count). The number of carbonyl (C=O) groups is 1. The van der Waals surface area contributed by atoms with Gasteiger partial charge in [0.15, 0.2) is 0 Å². The van der Waals surface area contributed by atoms with E-state index in [0.29, 0.717) is 5.13 Å². The summed E-state index contributed by atoms with van der Waals surface area (Å²) >= 11 is 3.17. The second-order valence-electron chi connectivity index (χ2n) is 6.39. The molecule has 0 saturated carbocycles. The second kappa shape index (κ2) is 7.77. The number of hydrogen-bond acceptors (Lipinski definition) is 6. The Morgan fingerprint density at radius 2 is 2.00 bits per heavy atom. The first-order valence-electron chi connectivity index (χ1n) is 9.02. The minimum atomic E-state index is -0.163. The maximum Gasteiger partial charge on any atom is 0.246 e. The third-order valence-corrected chi connectivity index (χ3v) is 6.42. The Hall–Kier alpha value is -2.64. The molecule has 0 spiro atoms. The second-order valence-corrected chi connectivity index (χ2v) is 8.31. The summed E-state index contributed by atoms with van der Waals surface area (Å²) in [5.74, 6) is -0.163. The van der Waals surface area contributed by atoms with Gasteiger partial charge in [0, 0.05) is 28.6 Å². The zero-order chi connectivity index (χ0) is 19.7.